The van der Waals surface area contributed by atoms with E-state index in [1.54, 1.807) is 0 Å². The van der Waals surface area contributed by atoms with Crippen molar-refractivity contribution in [3.05, 3.63) is 0 Å². The summed E-state index contributed by atoms with van der Waals surface area (Å²) in [6.07, 6.45) is 1.06. The molecule has 0 aromatic rings. The number of nitrogens with one attached hydrogen (secondary N) is 1. The van der Waals surface area contributed by atoms with Crippen LogP contribution in [0.3, 0.4) is 0 Å². The molecule has 0 spiro atoms. The van der Waals surface area contributed by atoms with E-state index in [2.05, 4.69) is 5.32 Å². The van der Waals surface area contributed by atoms with Gasteiger partial charge in [-0.25, -0.2) is 0 Å². The molecular formula is C11H20N2O3. The number of carbonyl (C=O) groups is 1. The molecule has 0 saturated carbocycles. The Labute approximate surface area is 96.1 Å². The summed E-state index contributed by atoms with van der Waals surface area (Å²) in [7, 11) is 0. The highest BCUT2D eigenvalue weighted by Crippen LogP contribution is 2.12. The molecule has 1 atom stereocenters. The van der Waals surface area contributed by atoms with Gasteiger partial charge >= 0.3 is 0 Å². The van der Waals surface area contributed by atoms with Crippen LogP contribution in [0, 0.1) is 5.92 Å². The van der Waals surface area contributed by atoms with Crippen LogP contribution < -0.4 is 5.32 Å². The van der Waals surface area contributed by atoms with E-state index in [1.165, 1.54) is 0 Å². The Balaban J connectivity index is 1.59. The lowest BCUT2D eigenvalue weighted by Gasteiger charge is -2.27. The number of nitrogens with zero attached hydrogens (tertiary/aromatic N) is 1. The quantitative estimate of drug-likeness (QED) is 0.703. The summed E-state index contributed by atoms with van der Waals surface area (Å²) in [6, 6.07) is 0. The maximum atomic E-state index is 11.7. The minimum Gasteiger partial charge on any atom is -0.381 e. The van der Waals surface area contributed by atoms with Gasteiger partial charge in [0.2, 0.25) is 5.91 Å². The van der Waals surface area contributed by atoms with E-state index in [0.29, 0.717) is 12.5 Å². The summed E-state index contributed by atoms with van der Waals surface area (Å²) in [6.45, 7) is 5.86. The van der Waals surface area contributed by atoms with Crippen LogP contribution in [0.4, 0.5) is 0 Å². The molecule has 5 heteroatoms. The van der Waals surface area contributed by atoms with E-state index in [0.717, 1.165) is 45.8 Å². The Kier molecular flexibility index (Phi) is 4.56. The van der Waals surface area contributed by atoms with E-state index < -0.39 is 0 Å². The van der Waals surface area contributed by atoms with Crippen LogP contribution in [-0.2, 0) is 14.3 Å². The molecular weight excluding hydrogens is 208 g/mol. The third-order valence-corrected chi connectivity index (χ3v) is 3.07. The van der Waals surface area contributed by atoms with Gasteiger partial charge in [-0.05, 0) is 6.42 Å². The first kappa shape index (κ1) is 11.8. The Morgan fingerprint density at radius 2 is 2.25 bits per heavy atom. The third kappa shape index (κ3) is 3.43. The van der Waals surface area contributed by atoms with Crippen LogP contribution in [-0.4, -0.2) is 63.4 Å². The van der Waals surface area contributed by atoms with Gasteiger partial charge in [-0.1, -0.05) is 0 Å². The number of rotatable bonds is 4. The van der Waals surface area contributed by atoms with E-state index in [-0.39, 0.29) is 12.5 Å². The van der Waals surface area contributed by atoms with Gasteiger partial charge in [-0.3, -0.25) is 4.79 Å². The second kappa shape index (κ2) is 6.18. The first-order valence-corrected chi connectivity index (χ1v) is 6.00. The molecule has 2 rings (SSSR count). The Hall–Kier alpha value is -0.650. The van der Waals surface area contributed by atoms with Gasteiger partial charge in [-0.15, -0.1) is 0 Å². The predicted octanol–water partition coefficient (Wildman–Crippen LogP) is -0.529. The van der Waals surface area contributed by atoms with Crippen LogP contribution in [0.15, 0.2) is 0 Å². The highest BCUT2D eigenvalue weighted by atomic mass is 16.5. The third-order valence-electron chi connectivity index (χ3n) is 3.07. The van der Waals surface area contributed by atoms with Gasteiger partial charge in [0.05, 0.1) is 13.2 Å². The molecule has 5 nitrogen and oxygen atoms in total. The zero-order chi connectivity index (χ0) is 11.2. The van der Waals surface area contributed by atoms with Crippen molar-refractivity contribution in [2.24, 2.45) is 5.92 Å². The molecule has 0 aromatic carbocycles. The molecule has 0 radical (unpaired) electrons. The molecule has 2 aliphatic rings. The molecule has 1 N–H and O–H groups in total. The average molecular weight is 228 g/mol. The topological polar surface area (TPSA) is 50.8 Å². The molecule has 2 heterocycles. The number of hydrogen-bond acceptors (Lipinski definition) is 4. The predicted molar refractivity (Wildman–Crippen MR) is 59.2 cm³/mol. The Bertz CT molecular complexity index is 223. The van der Waals surface area contributed by atoms with Crippen molar-refractivity contribution in [3.63, 3.8) is 0 Å². The first-order valence-electron chi connectivity index (χ1n) is 6.00. The van der Waals surface area contributed by atoms with Crippen molar-refractivity contribution in [1.82, 2.24) is 10.2 Å². The molecule has 1 amide bonds. The lowest BCUT2D eigenvalue weighted by molar-refractivity contribution is -0.137. The lowest BCUT2D eigenvalue weighted by Crippen LogP contribution is -2.47. The van der Waals surface area contributed by atoms with Crippen molar-refractivity contribution >= 4 is 5.91 Å². The van der Waals surface area contributed by atoms with Crippen molar-refractivity contribution in [3.8, 4) is 0 Å². The summed E-state index contributed by atoms with van der Waals surface area (Å²) >= 11 is 0. The fourth-order valence-corrected chi connectivity index (χ4v) is 2.03. The fraction of sp³-hybridized carbons (Fsp3) is 0.909. The summed E-state index contributed by atoms with van der Waals surface area (Å²) in [4.78, 5) is 13.6. The molecule has 16 heavy (non-hydrogen) atoms. The van der Waals surface area contributed by atoms with Crippen LogP contribution in [0.1, 0.15) is 6.42 Å². The minimum absolute atomic E-state index is 0.111. The van der Waals surface area contributed by atoms with Gasteiger partial charge in [0.1, 0.15) is 6.61 Å². The maximum Gasteiger partial charge on any atom is 0.248 e. The molecule has 0 bridgehead atoms. The van der Waals surface area contributed by atoms with Crippen LogP contribution in [0.25, 0.3) is 0 Å². The van der Waals surface area contributed by atoms with Gasteiger partial charge in [-0.2, -0.15) is 0 Å². The van der Waals surface area contributed by atoms with E-state index in [9.17, 15) is 4.79 Å². The zero-order valence-electron chi connectivity index (χ0n) is 9.61. The lowest BCUT2D eigenvalue weighted by atomic mass is 10.1. The number of carbonyl (C=O) groups excluding carboxylic acids is 1. The van der Waals surface area contributed by atoms with Crippen molar-refractivity contribution in [2.75, 3.05) is 52.6 Å². The monoisotopic (exact) mass is 228 g/mol. The molecule has 0 aliphatic carbocycles. The van der Waals surface area contributed by atoms with Crippen molar-refractivity contribution in [1.29, 1.82) is 0 Å². The van der Waals surface area contributed by atoms with Crippen LogP contribution >= 0.6 is 0 Å². The SMILES string of the molecule is O=C(COCC1CCOC1)N1CCNCC1. The van der Waals surface area contributed by atoms with Crippen molar-refractivity contribution in [2.45, 2.75) is 6.42 Å². The first-order chi connectivity index (χ1) is 7.86. The highest BCUT2D eigenvalue weighted by molar-refractivity contribution is 5.77. The van der Waals surface area contributed by atoms with Gasteiger partial charge in [0.25, 0.3) is 0 Å². The Morgan fingerprint density at radius 1 is 1.44 bits per heavy atom. The number of piperazine rings is 1. The van der Waals surface area contributed by atoms with E-state index in [1.807, 2.05) is 4.90 Å². The number of ether oxygens (including phenoxy) is 2. The van der Waals surface area contributed by atoms with Gasteiger partial charge in [0, 0.05) is 38.7 Å². The molecule has 2 aliphatic heterocycles. The van der Waals surface area contributed by atoms with Crippen molar-refractivity contribution < 1.29 is 14.3 Å². The number of amides is 1. The largest absolute Gasteiger partial charge is 0.381 e. The van der Waals surface area contributed by atoms with Crippen LogP contribution in [0.5, 0.6) is 0 Å². The molecule has 0 aromatic heterocycles. The maximum absolute atomic E-state index is 11.7. The summed E-state index contributed by atoms with van der Waals surface area (Å²) in [5.41, 5.74) is 0. The number of hydrogen-bond donors (Lipinski definition) is 1. The second-order valence-corrected chi connectivity index (χ2v) is 4.38. The molecule has 2 saturated heterocycles. The minimum atomic E-state index is 0.111. The highest BCUT2D eigenvalue weighted by Gasteiger charge is 2.18. The summed E-state index contributed by atoms with van der Waals surface area (Å²) in [5, 5.41) is 3.22. The Morgan fingerprint density at radius 3 is 2.94 bits per heavy atom. The molecule has 2 fully saturated rings. The van der Waals surface area contributed by atoms with Gasteiger partial charge in [0.15, 0.2) is 0 Å². The second-order valence-electron chi connectivity index (χ2n) is 4.38. The molecule has 92 valence electrons. The van der Waals surface area contributed by atoms with Gasteiger partial charge < -0.3 is 19.7 Å². The zero-order valence-corrected chi connectivity index (χ0v) is 9.61. The van der Waals surface area contributed by atoms with Crippen LogP contribution in [0.2, 0.25) is 0 Å². The fourth-order valence-electron chi connectivity index (χ4n) is 2.03. The standard InChI is InChI=1S/C11H20N2O3/c14-11(13-4-2-12-3-5-13)9-16-8-10-1-6-15-7-10/h10,12H,1-9H2. The molecule has 1 unspecified atom stereocenters. The average Bonchev–Trinajstić information content (AvgIpc) is 2.83. The summed E-state index contributed by atoms with van der Waals surface area (Å²) < 4.78 is 10.7. The smallest absolute Gasteiger partial charge is 0.248 e. The van der Waals surface area contributed by atoms with E-state index in [4.69, 9.17) is 9.47 Å². The van der Waals surface area contributed by atoms with E-state index >= 15 is 0 Å². The normalized spacial score (nSPS) is 26.0. The summed E-state index contributed by atoms with van der Waals surface area (Å²) in [5.74, 6) is 0.594.